The fourth-order valence-corrected chi connectivity index (χ4v) is 4.22. The lowest BCUT2D eigenvalue weighted by Gasteiger charge is -2.23. The zero-order valence-electron chi connectivity index (χ0n) is 27.0. The van der Waals surface area contributed by atoms with Gasteiger partial charge in [0.15, 0.2) is 5.75 Å². The van der Waals surface area contributed by atoms with Gasteiger partial charge in [0, 0.05) is 17.8 Å². The lowest BCUT2D eigenvalue weighted by molar-refractivity contribution is 0.0937. The summed E-state index contributed by atoms with van der Waals surface area (Å²) >= 11 is 0. The smallest absolute Gasteiger partial charge is 0.259 e. The maximum Gasteiger partial charge on any atom is 0.259 e. The second kappa shape index (κ2) is 14.9. The number of allylic oxidation sites excluding steroid dienone is 5. The van der Waals surface area contributed by atoms with Crippen molar-refractivity contribution in [3.8, 4) is 5.75 Å². The molecule has 0 fully saturated rings. The molecule has 42 heavy (non-hydrogen) atoms. The Hall–Kier alpha value is -3.84. The van der Waals surface area contributed by atoms with E-state index in [0.717, 1.165) is 35.1 Å². The summed E-state index contributed by atoms with van der Waals surface area (Å²) in [5, 5.41) is 15.8. The van der Waals surface area contributed by atoms with Crippen molar-refractivity contribution in [3.63, 3.8) is 0 Å². The SMILES string of the molecule is C\C=C(/C=C(\C(C)=C\CCC)c1ccc(C(=O)NCC(C)(C)C)cc1)NC(=O)c1cc(C(C)(C)C)cc(NO)c1OC. The molecule has 0 aliphatic heterocycles. The molecule has 0 aliphatic carbocycles. The van der Waals surface area contributed by atoms with Crippen LogP contribution in [0.1, 0.15) is 107 Å². The molecule has 0 spiro atoms. The van der Waals surface area contributed by atoms with Crippen molar-refractivity contribution in [1.29, 1.82) is 0 Å². The highest BCUT2D eigenvalue weighted by Crippen LogP contribution is 2.35. The van der Waals surface area contributed by atoms with E-state index in [9.17, 15) is 14.8 Å². The highest BCUT2D eigenvalue weighted by molar-refractivity contribution is 6.00. The van der Waals surface area contributed by atoms with E-state index < -0.39 is 0 Å². The Morgan fingerprint density at radius 1 is 0.976 bits per heavy atom. The number of carbonyl (C=O) groups is 2. The van der Waals surface area contributed by atoms with Crippen LogP contribution < -0.4 is 20.9 Å². The van der Waals surface area contributed by atoms with E-state index in [0.29, 0.717) is 29.1 Å². The molecule has 7 heteroatoms. The van der Waals surface area contributed by atoms with Gasteiger partial charge >= 0.3 is 0 Å². The predicted molar refractivity (Wildman–Crippen MR) is 173 cm³/mol. The number of amides is 2. The quantitative estimate of drug-likeness (QED) is 0.161. The number of benzene rings is 2. The van der Waals surface area contributed by atoms with Gasteiger partial charge < -0.3 is 15.4 Å². The third-order valence-corrected chi connectivity index (χ3v) is 6.79. The van der Waals surface area contributed by atoms with Crippen molar-refractivity contribution in [2.75, 3.05) is 19.1 Å². The highest BCUT2D eigenvalue weighted by atomic mass is 16.5. The van der Waals surface area contributed by atoms with Crippen molar-refractivity contribution in [3.05, 3.63) is 88.2 Å². The number of unbranched alkanes of at least 4 members (excludes halogenated alkanes) is 1. The van der Waals surface area contributed by atoms with Crippen molar-refractivity contribution < 1.29 is 19.5 Å². The van der Waals surface area contributed by atoms with E-state index in [1.165, 1.54) is 7.11 Å². The Bertz CT molecular complexity index is 1340. The second-order valence-corrected chi connectivity index (χ2v) is 12.7. The number of ether oxygens (including phenoxy) is 1. The molecule has 228 valence electrons. The number of methoxy groups -OCH3 is 1. The molecule has 2 rings (SSSR count). The minimum Gasteiger partial charge on any atom is -0.494 e. The number of rotatable bonds is 11. The average Bonchev–Trinajstić information content (AvgIpc) is 2.94. The molecule has 0 atom stereocenters. The van der Waals surface area contributed by atoms with E-state index >= 15 is 0 Å². The Balaban J connectivity index is 2.49. The zero-order chi connectivity index (χ0) is 31.7. The summed E-state index contributed by atoms with van der Waals surface area (Å²) in [6.07, 6.45) is 7.89. The van der Waals surface area contributed by atoms with E-state index in [1.807, 2.05) is 64.1 Å². The number of nitrogens with one attached hydrogen (secondary N) is 3. The minimum atomic E-state index is -0.362. The predicted octanol–water partition coefficient (Wildman–Crippen LogP) is 8.03. The lowest BCUT2D eigenvalue weighted by Crippen LogP contribution is -2.32. The first kappa shape index (κ1) is 34.4. The second-order valence-electron chi connectivity index (χ2n) is 12.7. The summed E-state index contributed by atoms with van der Waals surface area (Å²) in [6.45, 7) is 19.0. The van der Waals surface area contributed by atoms with Crippen molar-refractivity contribution >= 4 is 23.1 Å². The van der Waals surface area contributed by atoms with Crippen LogP contribution in [-0.4, -0.2) is 30.7 Å². The van der Waals surface area contributed by atoms with Crippen LogP contribution in [0.4, 0.5) is 5.69 Å². The fourth-order valence-electron chi connectivity index (χ4n) is 4.22. The molecule has 0 radical (unpaired) electrons. The molecular weight excluding hydrogens is 526 g/mol. The van der Waals surface area contributed by atoms with Crippen molar-refractivity contribution in [2.45, 2.75) is 80.6 Å². The first-order valence-electron chi connectivity index (χ1n) is 14.5. The monoisotopic (exact) mass is 575 g/mol. The van der Waals surface area contributed by atoms with Gasteiger partial charge in [0.1, 0.15) is 5.69 Å². The molecule has 7 nitrogen and oxygen atoms in total. The number of anilines is 1. The summed E-state index contributed by atoms with van der Waals surface area (Å²) in [4.78, 5) is 26.3. The van der Waals surface area contributed by atoms with Gasteiger partial charge in [0.05, 0.1) is 12.7 Å². The average molecular weight is 576 g/mol. The van der Waals surface area contributed by atoms with Crippen molar-refractivity contribution in [2.24, 2.45) is 5.41 Å². The molecule has 2 aromatic rings. The third kappa shape index (κ3) is 9.62. The fraction of sp³-hybridized carbons (Fsp3) is 0.429. The maximum atomic E-state index is 13.6. The van der Waals surface area contributed by atoms with Crippen LogP contribution in [-0.2, 0) is 5.41 Å². The molecule has 0 unspecified atom stereocenters. The number of carbonyl (C=O) groups excluding carboxylic acids is 2. The van der Waals surface area contributed by atoms with Crippen LogP contribution in [0.15, 0.2) is 65.9 Å². The largest absolute Gasteiger partial charge is 0.494 e. The van der Waals surface area contributed by atoms with Crippen LogP contribution in [0.5, 0.6) is 5.75 Å². The first-order chi connectivity index (χ1) is 19.6. The minimum absolute atomic E-state index is 0.00568. The molecule has 0 saturated heterocycles. The van der Waals surface area contributed by atoms with Crippen LogP contribution in [0.3, 0.4) is 0 Å². The zero-order valence-corrected chi connectivity index (χ0v) is 27.0. The van der Waals surface area contributed by atoms with Gasteiger partial charge in [0.25, 0.3) is 11.8 Å². The number of hydrogen-bond acceptors (Lipinski definition) is 5. The molecule has 0 heterocycles. The van der Waals surface area contributed by atoms with Gasteiger partial charge in [0.2, 0.25) is 0 Å². The van der Waals surface area contributed by atoms with Gasteiger partial charge in [-0.15, -0.1) is 0 Å². The molecule has 0 aliphatic rings. The third-order valence-electron chi connectivity index (χ3n) is 6.79. The van der Waals surface area contributed by atoms with Crippen LogP contribution in [0, 0.1) is 5.41 Å². The van der Waals surface area contributed by atoms with E-state index in [-0.39, 0.29) is 28.4 Å². The van der Waals surface area contributed by atoms with Gasteiger partial charge in [-0.1, -0.05) is 79.2 Å². The molecule has 2 amide bonds. The summed E-state index contributed by atoms with van der Waals surface area (Å²) in [7, 11) is 1.47. The topological polar surface area (TPSA) is 99.7 Å². The standard InChI is InChI=1S/C35H49N3O4/c1-11-13-14-23(3)28(24-15-17-25(18-16-24)32(39)36-22-34(4,5)6)21-27(12-2)37-33(40)29-19-26(35(7,8)9)20-30(38-41)31(29)42-10/h12,14-21,38,41H,11,13,22H2,1-10H3,(H,36,39)(H,37,40)/b23-14+,27-12+,28-21+. The number of hydrogen-bond donors (Lipinski definition) is 4. The van der Waals surface area contributed by atoms with Gasteiger partial charge in [-0.3, -0.25) is 20.3 Å². The summed E-state index contributed by atoms with van der Waals surface area (Å²) in [5.74, 6) is -0.217. The van der Waals surface area contributed by atoms with E-state index in [1.54, 1.807) is 12.1 Å². The normalized spacial score (nSPS) is 13.1. The summed E-state index contributed by atoms with van der Waals surface area (Å²) in [6, 6.07) is 11.1. The van der Waals surface area contributed by atoms with Crippen LogP contribution in [0.2, 0.25) is 0 Å². The molecule has 0 bridgehead atoms. The van der Waals surface area contributed by atoms with E-state index in [4.69, 9.17) is 4.74 Å². The van der Waals surface area contributed by atoms with Gasteiger partial charge in [-0.05, 0) is 83.7 Å². The summed E-state index contributed by atoms with van der Waals surface area (Å²) in [5.41, 5.74) is 7.52. The first-order valence-corrected chi connectivity index (χ1v) is 14.5. The molecular formula is C35H49N3O4. The Labute approximate surface area is 252 Å². The molecule has 0 aromatic heterocycles. The van der Waals surface area contributed by atoms with Gasteiger partial charge in [-0.25, -0.2) is 0 Å². The lowest BCUT2D eigenvalue weighted by atomic mass is 9.85. The van der Waals surface area contributed by atoms with Crippen LogP contribution in [0.25, 0.3) is 5.57 Å². The maximum absolute atomic E-state index is 13.6. The van der Waals surface area contributed by atoms with Crippen molar-refractivity contribution in [1.82, 2.24) is 10.6 Å². The Morgan fingerprint density at radius 3 is 2.10 bits per heavy atom. The summed E-state index contributed by atoms with van der Waals surface area (Å²) < 4.78 is 5.51. The van der Waals surface area contributed by atoms with Gasteiger partial charge in [-0.2, -0.15) is 0 Å². The molecule has 4 N–H and O–H groups in total. The highest BCUT2D eigenvalue weighted by Gasteiger charge is 2.23. The van der Waals surface area contributed by atoms with E-state index in [2.05, 4.69) is 56.8 Å². The van der Waals surface area contributed by atoms with Crippen LogP contribution >= 0.6 is 0 Å². The Morgan fingerprint density at radius 2 is 1.60 bits per heavy atom. The Kier molecular flexibility index (Phi) is 12.2. The molecule has 2 aromatic carbocycles. The molecule has 0 saturated carbocycles.